The van der Waals surface area contributed by atoms with Crippen LogP contribution in [0, 0.1) is 0 Å². The zero-order chi connectivity index (χ0) is 13.9. The van der Waals surface area contributed by atoms with Gasteiger partial charge in [0.25, 0.3) is 0 Å². The van der Waals surface area contributed by atoms with Crippen molar-refractivity contribution in [3.05, 3.63) is 58.2 Å². The summed E-state index contributed by atoms with van der Waals surface area (Å²) < 4.78 is 7.15. The minimum atomic E-state index is 0.833. The molecule has 1 aromatic heterocycles. The van der Waals surface area contributed by atoms with Gasteiger partial charge in [0.15, 0.2) is 0 Å². The van der Waals surface area contributed by atoms with Crippen LogP contribution in [0.15, 0.2) is 52.6 Å². The van der Waals surface area contributed by atoms with E-state index in [0.29, 0.717) is 0 Å². The van der Waals surface area contributed by atoms with Crippen molar-refractivity contribution in [3.8, 4) is 5.75 Å². The molecule has 3 rings (SSSR count). The Morgan fingerprint density at radius 2 is 1.65 bits per heavy atom. The van der Waals surface area contributed by atoms with Crippen LogP contribution >= 0.6 is 22.6 Å². The van der Waals surface area contributed by atoms with Crippen molar-refractivity contribution in [3.63, 3.8) is 0 Å². The number of methoxy groups -OCH3 is 1. The molecule has 3 aromatic rings. The summed E-state index contributed by atoms with van der Waals surface area (Å²) in [6.07, 6.45) is 0. The van der Waals surface area contributed by atoms with Gasteiger partial charge in [-0.15, -0.1) is 15.0 Å². The average molecular weight is 377 g/mol. The second-order valence-corrected chi connectivity index (χ2v) is 4.82. The molecule has 0 radical (unpaired) electrons. The van der Waals surface area contributed by atoms with E-state index < -0.39 is 0 Å². The van der Waals surface area contributed by atoms with E-state index in [1.165, 1.54) is 0 Å². The third kappa shape index (κ3) is 2.40. The minimum Gasteiger partial charge on any atom is -0.497 e. The number of benzene rings is 2. The minimum absolute atomic E-state index is 0.833. The normalized spacial score (nSPS) is 11.8. The van der Waals surface area contributed by atoms with Gasteiger partial charge in [-0.3, -0.25) is 0 Å². The lowest BCUT2D eigenvalue weighted by molar-refractivity contribution is 0.415. The number of ether oxygens (including phenoxy) is 1. The van der Waals surface area contributed by atoms with E-state index in [9.17, 15) is 0 Å². The first kappa shape index (κ1) is 13.1. The van der Waals surface area contributed by atoms with Crippen molar-refractivity contribution in [2.45, 2.75) is 0 Å². The molecule has 0 aliphatic carbocycles. The molecule has 0 spiro atoms. The van der Waals surface area contributed by atoms with Gasteiger partial charge in [0.2, 0.25) is 0 Å². The Hall–Kier alpha value is -1.89. The van der Waals surface area contributed by atoms with E-state index in [4.69, 9.17) is 4.74 Å². The highest BCUT2D eigenvalue weighted by molar-refractivity contribution is 14.1. The van der Waals surface area contributed by atoms with Crippen LogP contribution in [-0.4, -0.2) is 22.1 Å². The zero-order valence-electron chi connectivity index (χ0n) is 10.8. The molecule has 0 bridgehead atoms. The summed E-state index contributed by atoms with van der Waals surface area (Å²) in [6, 6.07) is 15.7. The molecule has 0 N–H and O–H groups in total. The summed E-state index contributed by atoms with van der Waals surface area (Å²) in [7, 11) is 1.66. The fourth-order valence-corrected chi connectivity index (χ4v) is 2.56. The van der Waals surface area contributed by atoms with Crippen molar-refractivity contribution in [2.24, 2.45) is 0 Å². The van der Waals surface area contributed by atoms with E-state index in [1.54, 1.807) is 11.9 Å². The molecule has 0 atom stereocenters. The molecule has 2 aromatic carbocycles. The highest BCUT2D eigenvalue weighted by Crippen LogP contribution is 2.21. The quantitative estimate of drug-likeness (QED) is 0.654. The number of aromatic nitrogens is 3. The molecule has 0 saturated heterocycles. The van der Waals surface area contributed by atoms with Crippen LogP contribution in [0.5, 0.6) is 5.75 Å². The Kier molecular flexibility index (Phi) is 3.68. The molecule has 1 heterocycles. The van der Waals surface area contributed by atoms with Gasteiger partial charge in [0.05, 0.1) is 12.8 Å². The van der Waals surface area contributed by atoms with Crippen LogP contribution in [-0.2, 0) is 0 Å². The van der Waals surface area contributed by atoms with Crippen LogP contribution < -0.4 is 4.74 Å². The molecule has 100 valence electrons. The molecule has 0 aliphatic heterocycles. The van der Waals surface area contributed by atoms with Gasteiger partial charge >= 0.3 is 0 Å². The van der Waals surface area contributed by atoms with Crippen molar-refractivity contribution in [1.29, 1.82) is 0 Å². The highest BCUT2D eigenvalue weighted by Gasteiger charge is 2.08. The molecule has 0 amide bonds. The summed E-state index contributed by atoms with van der Waals surface area (Å²) in [5.41, 5.74) is 3.75. The Labute approximate surface area is 130 Å². The Morgan fingerprint density at radius 3 is 2.15 bits per heavy atom. The first-order chi connectivity index (χ1) is 9.81. The fraction of sp³-hybridized carbons (Fsp3) is 0.0667. The molecule has 0 saturated carbocycles. The Morgan fingerprint density at radius 1 is 1.05 bits per heavy atom. The van der Waals surface area contributed by atoms with Crippen LogP contribution in [0.4, 0.5) is 0 Å². The lowest BCUT2D eigenvalue weighted by Gasteiger charge is -2.06. The molecule has 0 unspecified atom stereocenters. The molecule has 5 heteroatoms. The maximum Gasteiger partial charge on any atom is 0.118 e. The fourth-order valence-electron chi connectivity index (χ4n) is 1.95. The summed E-state index contributed by atoms with van der Waals surface area (Å²) in [6.45, 7) is 0. The molecule has 20 heavy (non-hydrogen) atoms. The van der Waals surface area contributed by atoms with Gasteiger partial charge in [-0.2, -0.15) is 0 Å². The predicted octanol–water partition coefficient (Wildman–Crippen LogP) is 3.72. The first-order valence-corrected chi connectivity index (χ1v) is 7.33. The number of halogens is 1. The summed E-state index contributed by atoms with van der Waals surface area (Å²) >= 11 is 2.21. The van der Waals surface area contributed by atoms with Gasteiger partial charge in [-0.25, -0.2) is 0 Å². The number of fused-ring (bicyclic) bond motifs is 1. The predicted molar refractivity (Wildman–Crippen MR) is 87.9 cm³/mol. The van der Waals surface area contributed by atoms with Crippen molar-refractivity contribution < 1.29 is 4.74 Å². The zero-order valence-corrected chi connectivity index (χ0v) is 13.0. The molecular weight excluding hydrogens is 365 g/mol. The monoisotopic (exact) mass is 377 g/mol. The van der Waals surface area contributed by atoms with Crippen molar-refractivity contribution in [1.82, 2.24) is 15.0 Å². The average Bonchev–Trinajstić information content (AvgIpc) is 2.92. The van der Waals surface area contributed by atoms with E-state index in [2.05, 4.69) is 32.8 Å². The summed E-state index contributed by atoms with van der Waals surface area (Å²) in [5, 5.41) is 9.01. The van der Waals surface area contributed by atoms with E-state index in [1.807, 2.05) is 52.6 Å². The molecular formula is C15H12IN3O. The molecule has 0 aliphatic rings. The summed E-state index contributed by atoms with van der Waals surface area (Å²) in [4.78, 5) is 1.67. The van der Waals surface area contributed by atoms with E-state index in [0.717, 1.165) is 28.0 Å². The van der Waals surface area contributed by atoms with E-state index >= 15 is 0 Å². The third-order valence-electron chi connectivity index (χ3n) is 2.99. The summed E-state index contributed by atoms with van der Waals surface area (Å²) in [5.74, 6) is 0.833. The lowest BCUT2D eigenvalue weighted by Crippen LogP contribution is -2.02. The highest BCUT2D eigenvalue weighted by atomic mass is 127. The van der Waals surface area contributed by atoms with Crippen LogP contribution in [0.3, 0.4) is 0 Å². The topological polar surface area (TPSA) is 39.9 Å². The van der Waals surface area contributed by atoms with Crippen molar-refractivity contribution >= 4 is 39.3 Å². The maximum absolute atomic E-state index is 5.18. The lowest BCUT2D eigenvalue weighted by atomic mass is 10.2. The van der Waals surface area contributed by atoms with Crippen LogP contribution in [0.25, 0.3) is 16.7 Å². The number of hydrogen-bond acceptors (Lipinski definition) is 3. The molecule has 4 nitrogen and oxygen atoms in total. The second-order valence-electron chi connectivity index (χ2n) is 4.20. The Balaban J connectivity index is 2.04. The SMILES string of the molecule is COc1ccc(/C(=C\I)n2nc3ccccc3n2)cc1. The van der Waals surface area contributed by atoms with Gasteiger partial charge in [0.1, 0.15) is 16.8 Å². The van der Waals surface area contributed by atoms with Gasteiger partial charge in [0, 0.05) is 9.65 Å². The Bertz CT molecular complexity index is 729. The third-order valence-corrected chi connectivity index (χ3v) is 3.58. The molecule has 0 fully saturated rings. The largest absolute Gasteiger partial charge is 0.497 e. The first-order valence-electron chi connectivity index (χ1n) is 6.09. The second kappa shape index (κ2) is 5.62. The maximum atomic E-state index is 5.18. The van der Waals surface area contributed by atoms with Gasteiger partial charge in [-0.1, -0.05) is 34.7 Å². The number of hydrogen-bond donors (Lipinski definition) is 0. The van der Waals surface area contributed by atoms with Gasteiger partial charge in [-0.05, 0) is 36.4 Å². The van der Waals surface area contributed by atoms with E-state index in [-0.39, 0.29) is 0 Å². The van der Waals surface area contributed by atoms with Gasteiger partial charge < -0.3 is 4.74 Å². The smallest absolute Gasteiger partial charge is 0.118 e. The number of nitrogens with zero attached hydrogens (tertiary/aromatic N) is 3. The standard InChI is InChI=1S/C15H12IN3O/c1-20-12-8-6-11(7-9-12)15(10-16)19-17-13-4-2-3-5-14(13)18-19/h2-10H,1H3/b15-10+. The van der Waals surface area contributed by atoms with Crippen LogP contribution in [0.2, 0.25) is 0 Å². The number of rotatable bonds is 3. The van der Waals surface area contributed by atoms with Crippen molar-refractivity contribution in [2.75, 3.05) is 7.11 Å². The van der Waals surface area contributed by atoms with Crippen LogP contribution in [0.1, 0.15) is 5.56 Å².